The minimum atomic E-state index is -0.141. The van der Waals surface area contributed by atoms with E-state index in [9.17, 15) is 4.79 Å². The molecule has 0 radical (unpaired) electrons. The van der Waals surface area contributed by atoms with Crippen molar-refractivity contribution in [2.75, 3.05) is 10.7 Å². The Kier molecular flexibility index (Phi) is 3.95. The second-order valence-electron chi connectivity index (χ2n) is 4.35. The van der Waals surface area contributed by atoms with Gasteiger partial charge in [-0.15, -0.1) is 23.1 Å². The molecule has 1 atom stereocenters. The fraction of sp³-hybridized carbons (Fsp3) is 0.231. The Morgan fingerprint density at radius 2 is 2.20 bits per heavy atom. The van der Waals surface area contributed by atoms with E-state index in [-0.39, 0.29) is 11.3 Å². The van der Waals surface area contributed by atoms with E-state index >= 15 is 0 Å². The van der Waals surface area contributed by atoms with Crippen LogP contribution in [-0.2, 0) is 4.79 Å². The summed E-state index contributed by atoms with van der Waals surface area (Å²) < 4.78 is 0. The van der Waals surface area contributed by atoms with E-state index < -0.39 is 0 Å². The van der Waals surface area contributed by atoms with Crippen molar-refractivity contribution in [2.45, 2.75) is 12.3 Å². The number of carbonyl (C=O) groups excluding carboxylic acids is 1. The quantitative estimate of drug-likeness (QED) is 0.801. The summed E-state index contributed by atoms with van der Waals surface area (Å²) in [4.78, 5) is 19.3. The van der Waals surface area contributed by atoms with Gasteiger partial charge in [-0.25, -0.2) is 4.98 Å². The Bertz CT molecular complexity index is 674. The normalized spacial score (nSPS) is 18.9. The van der Waals surface area contributed by atoms with Crippen LogP contribution in [0, 0.1) is 6.92 Å². The van der Waals surface area contributed by atoms with Crippen molar-refractivity contribution < 1.29 is 4.79 Å². The Balaban J connectivity index is 2.01. The van der Waals surface area contributed by atoms with E-state index in [1.165, 1.54) is 11.3 Å². The fourth-order valence-corrected chi connectivity index (χ4v) is 4.66. The van der Waals surface area contributed by atoms with Crippen LogP contribution in [0.25, 0.3) is 0 Å². The van der Waals surface area contributed by atoms with Crippen molar-refractivity contribution in [1.82, 2.24) is 4.98 Å². The number of nitrogens with zero attached hydrogens (tertiary/aromatic N) is 2. The van der Waals surface area contributed by atoms with Crippen LogP contribution in [0.1, 0.15) is 15.8 Å². The second kappa shape index (κ2) is 5.56. The van der Waals surface area contributed by atoms with Crippen LogP contribution in [0.2, 0.25) is 10.0 Å². The molecule has 1 aromatic heterocycles. The zero-order chi connectivity index (χ0) is 14.3. The summed E-state index contributed by atoms with van der Waals surface area (Å²) in [6.45, 7) is 1.97. The largest absolute Gasteiger partial charge is 0.273 e. The van der Waals surface area contributed by atoms with E-state index in [1.807, 2.05) is 13.0 Å². The molecule has 0 bridgehead atoms. The molecule has 1 aliphatic heterocycles. The molecule has 2 heterocycles. The highest BCUT2D eigenvalue weighted by Crippen LogP contribution is 2.45. The molecule has 1 amide bonds. The lowest BCUT2D eigenvalue weighted by Gasteiger charge is -2.22. The van der Waals surface area contributed by atoms with Gasteiger partial charge in [0, 0.05) is 26.7 Å². The molecule has 1 fully saturated rings. The standard InChI is InChI=1S/C13H10Cl2N2OS2/c1-7-5-16-13(20-7)17-11(18)6-19-12(17)9-3-2-8(14)4-10(9)15/h2-5,12H,6H2,1H3/t12-/m0/s1. The van der Waals surface area contributed by atoms with Crippen molar-refractivity contribution in [3.63, 3.8) is 0 Å². The third-order valence-electron chi connectivity index (χ3n) is 2.91. The van der Waals surface area contributed by atoms with Crippen molar-refractivity contribution in [2.24, 2.45) is 0 Å². The molecule has 0 unspecified atom stereocenters. The first-order valence-electron chi connectivity index (χ1n) is 5.87. The third-order valence-corrected chi connectivity index (χ3v) is 5.58. The van der Waals surface area contributed by atoms with Crippen LogP contribution in [0.15, 0.2) is 24.4 Å². The Labute approximate surface area is 134 Å². The van der Waals surface area contributed by atoms with Gasteiger partial charge in [-0.05, 0) is 19.1 Å². The molecule has 2 aromatic rings. The van der Waals surface area contributed by atoms with E-state index in [0.717, 1.165) is 10.4 Å². The zero-order valence-corrected chi connectivity index (χ0v) is 13.6. The molecular formula is C13H10Cl2N2OS2. The van der Waals surface area contributed by atoms with Gasteiger partial charge in [-0.2, -0.15) is 0 Å². The van der Waals surface area contributed by atoms with Crippen molar-refractivity contribution >= 4 is 57.3 Å². The van der Waals surface area contributed by atoms with Gasteiger partial charge < -0.3 is 0 Å². The van der Waals surface area contributed by atoms with E-state index in [4.69, 9.17) is 23.2 Å². The highest BCUT2D eigenvalue weighted by molar-refractivity contribution is 8.00. The minimum Gasteiger partial charge on any atom is -0.273 e. The molecule has 0 spiro atoms. The Hall–Kier alpha value is -0.750. The maximum atomic E-state index is 12.1. The van der Waals surface area contributed by atoms with E-state index in [1.54, 1.807) is 35.0 Å². The molecule has 0 aliphatic carbocycles. The lowest BCUT2D eigenvalue weighted by Crippen LogP contribution is -2.27. The number of halogens is 2. The Morgan fingerprint density at radius 3 is 2.85 bits per heavy atom. The molecule has 3 rings (SSSR count). The van der Waals surface area contributed by atoms with Gasteiger partial charge in [0.15, 0.2) is 5.13 Å². The molecule has 104 valence electrons. The predicted octanol–water partition coefficient (Wildman–Crippen LogP) is 4.54. The molecule has 1 aliphatic rings. The first-order chi connectivity index (χ1) is 9.56. The molecule has 3 nitrogen and oxygen atoms in total. The summed E-state index contributed by atoms with van der Waals surface area (Å²) in [7, 11) is 0. The number of rotatable bonds is 2. The summed E-state index contributed by atoms with van der Waals surface area (Å²) >= 11 is 15.2. The van der Waals surface area contributed by atoms with Crippen LogP contribution >= 0.6 is 46.3 Å². The highest BCUT2D eigenvalue weighted by atomic mass is 35.5. The molecule has 1 aromatic carbocycles. The van der Waals surface area contributed by atoms with Gasteiger partial charge in [0.05, 0.1) is 5.75 Å². The molecule has 7 heteroatoms. The number of benzene rings is 1. The van der Waals surface area contributed by atoms with Crippen LogP contribution in [0.3, 0.4) is 0 Å². The summed E-state index contributed by atoms with van der Waals surface area (Å²) in [6, 6.07) is 5.36. The van der Waals surface area contributed by atoms with Gasteiger partial charge >= 0.3 is 0 Å². The van der Waals surface area contributed by atoms with E-state index in [0.29, 0.717) is 20.9 Å². The molecule has 0 N–H and O–H groups in total. The van der Waals surface area contributed by atoms with Gasteiger partial charge in [0.2, 0.25) is 5.91 Å². The lowest BCUT2D eigenvalue weighted by atomic mass is 10.2. The maximum absolute atomic E-state index is 12.1. The number of anilines is 1. The number of aromatic nitrogens is 1. The third kappa shape index (κ3) is 2.55. The van der Waals surface area contributed by atoms with E-state index in [2.05, 4.69) is 4.98 Å². The molecule has 20 heavy (non-hydrogen) atoms. The number of hydrogen-bond acceptors (Lipinski definition) is 4. The summed E-state index contributed by atoms with van der Waals surface area (Å²) in [5, 5.41) is 1.74. The van der Waals surface area contributed by atoms with Crippen LogP contribution < -0.4 is 4.90 Å². The number of carbonyl (C=O) groups is 1. The first kappa shape index (κ1) is 14.2. The topological polar surface area (TPSA) is 33.2 Å². The molecule has 1 saturated heterocycles. The zero-order valence-electron chi connectivity index (χ0n) is 10.5. The monoisotopic (exact) mass is 344 g/mol. The lowest BCUT2D eigenvalue weighted by molar-refractivity contribution is -0.115. The average molecular weight is 345 g/mol. The number of thiazole rings is 1. The second-order valence-corrected chi connectivity index (χ2v) is 7.47. The van der Waals surface area contributed by atoms with Crippen LogP contribution in [0.4, 0.5) is 5.13 Å². The van der Waals surface area contributed by atoms with Crippen molar-refractivity contribution in [3.05, 3.63) is 44.9 Å². The van der Waals surface area contributed by atoms with Crippen molar-refractivity contribution in [1.29, 1.82) is 0 Å². The SMILES string of the molecule is Cc1cnc(N2C(=O)CS[C@H]2c2ccc(Cl)cc2Cl)s1. The summed E-state index contributed by atoms with van der Waals surface area (Å²) in [5.41, 5.74) is 0.889. The van der Waals surface area contributed by atoms with Crippen LogP contribution in [-0.4, -0.2) is 16.6 Å². The fourth-order valence-electron chi connectivity index (χ4n) is 2.02. The number of aryl methyl sites for hydroxylation is 1. The highest BCUT2D eigenvalue weighted by Gasteiger charge is 2.36. The minimum absolute atomic E-state index is 0.0559. The number of amides is 1. The van der Waals surface area contributed by atoms with Gasteiger partial charge in [0.25, 0.3) is 0 Å². The molecule has 0 saturated carbocycles. The smallest absolute Gasteiger partial charge is 0.240 e. The Morgan fingerprint density at radius 1 is 1.40 bits per heavy atom. The van der Waals surface area contributed by atoms with Crippen molar-refractivity contribution in [3.8, 4) is 0 Å². The summed E-state index contributed by atoms with van der Waals surface area (Å²) in [5.74, 6) is 0.489. The number of thioether (sulfide) groups is 1. The summed E-state index contributed by atoms with van der Waals surface area (Å²) in [6.07, 6.45) is 1.77. The average Bonchev–Trinajstić information content (AvgIpc) is 2.96. The van der Waals surface area contributed by atoms with Gasteiger partial charge in [0.1, 0.15) is 5.37 Å². The van der Waals surface area contributed by atoms with Gasteiger partial charge in [-0.1, -0.05) is 29.3 Å². The van der Waals surface area contributed by atoms with Crippen LogP contribution in [0.5, 0.6) is 0 Å². The predicted molar refractivity (Wildman–Crippen MR) is 86.0 cm³/mol. The number of hydrogen-bond donors (Lipinski definition) is 0. The molecular weight excluding hydrogens is 335 g/mol. The van der Waals surface area contributed by atoms with Gasteiger partial charge in [-0.3, -0.25) is 9.69 Å². The maximum Gasteiger partial charge on any atom is 0.240 e. The first-order valence-corrected chi connectivity index (χ1v) is 8.49.